The average molecular weight is 225 g/mol. The van der Waals surface area contributed by atoms with Gasteiger partial charge in [-0.05, 0) is 38.3 Å². The molecule has 0 aliphatic carbocycles. The minimum Gasteiger partial charge on any atom is -0.378 e. The Hall–Kier alpha value is -0.380. The molecule has 0 saturated carbocycles. The predicted molar refractivity (Wildman–Crippen MR) is 64.4 cm³/mol. The van der Waals surface area contributed by atoms with E-state index in [4.69, 9.17) is 4.74 Å². The first-order chi connectivity index (χ1) is 7.29. The molecule has 1 aromatic rings. The van der Waals surface area contributed by atoms with Crippen molar-refractivity contribution in [3.63, 3.8) is 0 Å². The third kappa shape index (κ3) is 2.80. The Kier molecular flexibility index (Phi) is 3.78. The van der Waals surface area contributed by atoms with Crippen molar-refractivity contribution in [1.29, 1.82) is 0 Å². The molecule has 0 amide bonds. The van der Waals surface area contributed by atoms with E-state index in [1.807, 2.05) is 11.3 Å². The van der Waals surface area contributed by atoms with Crippen LogP contribution < -0.4 is 5.32 Å². The molecule has 15 heavy (non-hydrogen) atoms. The number of nitrogens with one attached hydrogen (secondary N) is 1. The van der Waals surface area contributed by atoms with Crippen LogP contribution in [0.4, 0.5) is 0 Å². The Morgan fingerprint density at radius 1 is 1.67 bits per heavy atom. The Labute approximate surface area is 95.6 Å². The zero-order valence-electron chi connectivity index (χ0n) is 9.40. The highest BCUT2D eigenvalue weighted by Gasteiger charge is 2.28. The SMILES string of the molecule is CNC(Cc1cccs1)C1COC(C)C1. The summed E-state index contributed by atoms with van der Waals surface area (Å²) in [4.78, 5) is 1.47. The molecule has 3 heteroatoms. The molecule has 1 saturated heterocycles. The van der Waals surface area contributed by atoms with Crippen molar-refractivity contribution in [2.45, 2.75) is 31.9 Å². The maximum Gasteiger partial charge on any atom is 0.0551 e. The van der Waals surface area contributed by atoms with E-state index in [2.05, 4.69) is 36.8 Å². The molecule has 1 aliphatic rings. The number of hydrogen-bond acceptors (Lipinski definition) is 3. The number of likely N-dealkylation sites (N-methyl/N-ethyl adjacent to an activating group) is 1. The summed E-state index contributed by atoms with van der Waals surface area (Å²) >= 11 is 1.85. The number of thiophene rings is 1. The molecule has 84 valence electrons. The smallest absolute Gasteiger partial charge is 0.0551 e. The van der Waals surface area contributed by atoms with Gasteiger partial charge in [0.25, 0.3) is 0 Å². The van der Waals surface area contributed by atoms with Crippen molar-refractivity contribution in [2.75, 3.05) is 13.7 Å². The van der Waals surface area contributed by atoms with Crippen LogP contribution in [-0.2, 0) is 11.2 Å². The summed E-state index contributed by atoms with van der Waals surface area (Å²) in [5.74, 6) is 0.673. The van der Waals surface area contributed by atoms with E-state index >= 15 is 0 Å². The quantitative estimate of drug-likeness (QED) is 0.849. The Morgan fingerprint density at radius 2 is 2.53 bits per heavy atom. The minimum absolute atomic E-state index is 0.439. The second kappa shape index (κ2) is 5.10. The van der Waals surface area contributed by atoms with Gasteiger partial charge in [0.1, 0.15) is 0 Å². The maximum atomic E-state index is 5.63. The molecule has 3 unspecified atom stereocenters. The lowest BCUT2D eigenvalue weighted by atomic mass is 9.94. The molecule has 2 heterocycles. The fourth-order valence-electron chi connectivity index (χ4n) is 2.28. The second-order valence-corrected chi connectivity index (χ2v) is 5.35. The number of rotatable bonds is 4. The van der Waals surface area contributed by atoms with E-state index in [9.17, 15) is 0 Å². The molecule has 3 atom stereocenters. The van der Waals surface area contributed by atoms with Gasteiger partial charge in [-0.15, -0.1) is 11.3 Å². The monoisotopic (exact) mass is 225 g/mol. The number of hydrogen-bond donors (Lipinski definition) is 1. The largest absolute Gasteiger partial charge is 0.378 e. The first kappa shape index (κ1) is 11.1. The third-order valence-electron chi connectivity index (χ3n) is 3.17. The molecular weight excluding hydrogens is 206 g/mol. The lowest BCUT2D eigenvalue weighted by molar-refractivity contribution is 0.117. The van der Waals surface area contributed by atoms with Crippen LogP contribution in [0.1, 0.15) is 18.2 Å². The van der Waals surface area contributed by atoms with Crippen molar-refractivity contribution in [2.24, 2.45) is 5.92 Å². The first-order valence-electron chi connectivity index (χ1n) is 5.61. The van der Waals surface area contributed by atoms with E-state index < -0.39 is 0 Å². The van der Waals surface area contributed by atoms with Crippen molar-refractivity contribution >= 4 is 11.3 Å². The highest BCUT2D eigenvalue weighted by molar-refractivity contribution is 7.09. The normalized spacial score (nSPS) is 28.1. The molecular formula is C12H19NOS. The Bertz CT molecular complexity index is 286. The van der Waals surface area contributed by atoms with Crippen LogP contribution in [0.15, 0.2) is 17.5 Å². The summed E-state index contributed by atoms with van der Waals surface area (Å²) in [6, 6.07) is 4.91. The fraction of sp³-hybridized carbons (Fsp3) is 0.667. The molecule has 2 rings (SSSR count). The van der Waals surface area contributed by atoms with Gasteiger partial charge in [-0.3, -0.25) is 0 Å². The van der Waals surface area contributed by atoms with E-state index in [-0.39, 0.29) is 0 Å². The zero-order valence-corrected chi connectivity index (χ0v) is 10.2. The van der Waals surface area contributed by atoms with E-state index in [1.165, 1.54) is 11.3 Å². The van der Waals surface area contributed by atoms with Crippen molar-refractivity contribution in [3.8, 4) is 0 Å². The molecule has 1 N–H and O–H groups in total. The summed E-state index contributed by atoms with van der Waals surface area (Å²) in [5, 5.41) is 5.58. The Morgan fingerprint density at radius 3 is 3.07 bits per heavy atom. The van der Waals surface area contributed by atoms with Gasteiger partial charge in [0.05, 0.1) is 12.7 Å². The third-order valence-corrected chi connectivity index (χ3v) is 4.07. The number of ether oxygens (including phenoxy) is 1. The van der Waals surface area contributed by atoms with E-state index in [0.717, 1.165) is 13.0 Å². The Balaban J connectivity index is 1.92. The van der Waals surface area contributed by atoms with Crippen LogP contribution in [0.25, 0.3) is 0 Å². The summed E-state index contributed by atoms with van der Waals surface area (Å²) in [7, 11) is 2.06. The van der Waals surface area contributed by atoms with Crippen molar-refractivity contribution < 1.29 is 4.74 Å². The van der Waals surface area contributed by atoms with Crippen molar-refractivity contribution in [1.82, 2.24) is 5.32 Å². The summed E-state index contributed by atoms with van der Waals surface area (Å²) in [5.41, 5.74) is 0. The molecule has 0 aromatic carbocycles. The van der Waals surface area contributed by atoms with Crippen LogP contribution in [-0.4, -0.2) is 25.8 Å². The van der Waals surface area contributed by atoms with Gasteiger partial charge in [0.2, 0.25) is 0 Å². The first-order valence-corrected chi connectivity index (χ1v) is 6.49. The van der Waals surface area contributed by atoms with Crippen molar-refractivity contribution in [3.05, 3.63) is 22.4 Å². The summed E-state index contributed by atoms with van der Waals surface area (Å²) in [6.45, 7) is 3.08. The standard InChI is InChI=1S/C12H19NOS/c1-9-6-10(8-14-9)12(13-2)7-11-4-3-5-15-11/h3-5,9-10,12-13H,6-8H2,1-2H3. The highest BCUT2D eigenvalue weighted by atomic mass is 32.1. The summed E-state index contributed by atoms with van der Waals surface area (Å²) < 4.78 is 5.63. The van der Waals surface area contributed by atoms with Crippen LogP contribution in [0.5, 0.6) is 0 Å². The van der Waals surface area contributed by atoms with Gasteiger partial charge in [-0.1, -0.05) is 6.07 Å². The second-order valence-electron chi connectivity index (χ2n) is 4.32. The van der Waals surface area contributed by atoms with Crippen LogP contribution in [0, 0.1) is 5.92 Å². The van der Waals surface area contributed by atoms with Gasteiger partial charge < -0.3 is 10.1 Å². The predicted octanol–water partition coefficient (Wildman–Crippen LogP) is 2.30. The molecule has 0 bridgehead atoms. The zero-order chi connectivity index (χ0) is 10.7. The molecule has 1 aromatic heterocycles. The molecule has 0 radical (unpaired) electrons. The van der Waals surface area contributed by atoms with Crippen LogP contribution in [0.2, 0.25) is 0 Å². The molecule has 1 aliphatic heterocycles. The van der Waals surface area contributed by atoms with E-state index in [1.54, 1.807) is 0 Å². The fourth-order valence-corrected chi connectivity index (χ4v) is 3.05. The van der Waals surface area contributed by atoms with E-state index in [0.29, 0.717) is 18.1 Å². The molecule has 2 nitrogen and oxygen atoms in total. The average Bonchev–Trinajstić information content (AvgIpc) is 2.85. The molecule has 0 spiro atoms. The lowest BCUT2D eigenvalue weighted by Gasteiger charge is -2.21. The highest BCUT2D eigenvalue weighted by Crippen LogP contribution is 2.25. The summed E-state index contributed by atoms with van der Waals surface area (Å²) in [6.07, 6.45) is 2.76. The van der Waals surface area contributed by atoms with Gasteiger partial charge in [-0.25, -0.2) is 0 Å². The lowest BCUT2D eigenvalue weighted by Crippen LogP contribution is -2.35. The maximum absolute atomic E-state index is 5.63. The van der Waals surface area contributed by atoms with Crippen LogP contribution >= 0.6 is 11.3 Å². The van der Waals surface area contributed by atoms with Gasteiger partial charge in [-0.2, -0.15) is 0 Å². The van der Waals surface area contributed by atoms with Gasteiger partial charge in [0.15, 0.2) is 0 Å². The van der Waals surface area contributed by atoms with Gasteiger partial charge >= 0.3 is 0 Å². The van der Waals surface area contributed by atoms with Gasteiger partial charge in [0, 0.05) is 16.8 Å². The topological polar surface area (TPSA) is 21.3 Å². The van der Waals surface area contributed by atoms with Crippen LogP contribution in [0.3, 0.4) is 0 Å². The molecule has 1 fully saturated rings. The minimum atomic E-state index is 0.439.